The van der Waals surface area contributed by atoms with Gasteiger partial charge in [0, 0.05) is 175 Å². The molecule has 16 aromatic rings. The van der Waals surface area contributed by atoms with E-state index in [0.29, 0.717) is 133 Å². The van der Waals surface area contributed by atoms with Crippen molar-refractivity contribution in [3.63, 3.8) is 0 Å². The first kappa shape index (κ1) is 98.1. The standard InChI is InChI=1S/C31H25ClN2O2.C28H27ClN2O5.C27H31BrN4O4.C26H20Cl2N2O4/c1-36-25-14-11-22(12-15-25)30-29-26(27-19-24(32)13-16-28(27)33-29)17-18-34(30)31(35)23-9-7-21(8-10-23)20-5-3-2-4-6-20;1-33-15-16-35-21-6-3-18(4-7-21)27-26-23(24-17-19(29)5-12-25(24)30-26)13-14-31(27)28(32)36-22-10-8-20(34-2)9-11-22;1-2-36-27(35)32-10-9-21-22-17-20(28)7-8-23(22)29-24(21)25(32)18-3-5-19(6-4-18)26(34)31-13-11-30(12-14-31)15-16-33;1-15(31)33-19-7-2-16(3-8-19)25-24-21(22-14-18(28)6-11-23(22)29-24)12-13-30(25)26(32)34-20-9-4-17(27)5-10-20/h2-16,19,30,33H,17-18H2,1H3;3-12,17,27,30H,13-16H2,1-2H3;3-8,17,25,29,33H,2,9-16H2,1H3;2-11,14,25,29H,12-13H2,1H3. The van der Waals surface area contributed by atoms with Crippen LogP contribution in [0.25, 0.3) is 54.7 Å². The van der Waals surface area contributed by atoms with Crippen LogP contribution < -0.4 is 28.4 Å². The second-order valence-electron chi connectivity index (χ2n) is 34.9. The van der Waals surface area contributed by atoms with E-state index >= 15 is 0 Å². The molecule has 0 saturated carbocycles. The molecule has 0 bridgehead atoms. The predicted molar refractivity (Wildman–Crippen MR) is 555 cm³/mol. The number of nitrogens with one attached hydrogen (secondary N) is 4. The Hall–Kier alpha value is -14.1. The van der Waals surface area contributed by atoms with E-state index in [1.807, 2.05) is 211 Å². The lowest BCUT2D eigenvalue weighted by molar-refractivity contribution is -0.131. The summed E-state index contributed by atoms with van der Waals surface area (Å²) in [6.07, 6.45) is 1.59. The monoisotopic (exact) mass is 2050 g/mol. The van der Waals surface area contributed by atoms with Crippen molar-refractivity contribution in [1.29, 1.82) is 0 Å². The minimum atomic E-state index is -0.473. The Bertz CT molecular complexity index is 7250. The molecule has 1 fully saturated rings. The van der Waals surface area contributed by atoms with E-state index in [4.69, 9.17) is 89.4 Å². The zero-order chi connectivity index (χ0) is 98.8. The second kappa shape index (κ2) is 44.4. The van der Waals surface area contributed by atoms with Crippen molar-refractivity contribution in [2.75, 3.05) is 107 Å². The zero-order valence-corrected chi connectivity index (χ0v) is 83.2. The van der Waals surface area contributed by atoms with Gasteiger partial charge in [-0.3, -0.25) is 34.0 Å². The highest BCUT2D eigenvalue weighted by atomic mass is 79.9. The number of nitrogens with zero attached hydrogens (tertiary/aromatic N) is 6. The summed E-state index contributed by atoms with van der Waals surface area (Å²) in [5, 5.41) is 16.1. The molecule has 0 aliphatic carbocycles. The summed E-state index contributed by atoms with van der Waals surface area (Å²) < 4.78 is 44.4. The number of carbonyl (C=O) groups is 6. The van der Waals surface area contributed by atoms with Gasteiger partial charge in [0.05, 0.1) is 40.1 Å². The number of ether oxygens (including phenoxy) is 8. The molecule has 5 amide bonds. The number of halogens is 5. The van der Waals surface area contributed by atoms with E-state index in [1.165, 1.54) is 18.1 Å². The van der Waals surface area contributed by atoms with Gasteiger partial charge in [-0.05, 0) is 270 Å². The van der Waals surface area contributed by atoms with Crippen LogP contribution in [0.4, 0.5) is 14.4 Å². The van der Waals surface area contributed by atoms with Gasteiger partial charge in [0.2, 0.25) is 0 Å². The third-order valence-electron chi connectivity index (χ3n) is 26.3. The van der Waals surface area contributed by atoms with Crippen molar-refractivity contribution in [3.8, 4) is 45.6 Å². The summed E-state index contributed by atoms with van der Waals surface area (Å²) in [6.45, 7) is 10.2. The maximum absolute atomic E-state index is 13.9. The molecule has 25 nitrogen and oxygen atoms in total. The minimum Gasteiger partial charge on any atom is -0.497 e. The van der Waals surface area contributed by atoms with Gasteiger partial charge in [0.1, 0.15) is 59.2 Å². The molecule has 1 saturated heterocycles. The molecular formula is C112H103BrCl4N10O15. The lowest BCUT2D eigenvalue weighted by atomic mass is 9.91. The average Bonchev–Trinajstić information content (AvgIpc) is 1.60. The van der Waals surface area contributed by atoms with Gasteiger partial charge in [-0.15, -0.1) is 0 Å². The quantitative estimate of drug-likeness (QED) is 0.0286. The predicted octanol–water partition coefficient (Wildman–Crippen LogP) is 23.6. The van der Waals surface area contributed by atoms with E-state index in [2.05, 4.69) is 59.0 Å². The van der Waals surface area contributed by atoms with Crippen molar-refractivity contribution in [2.45, 2.75) is 63.7 Å². The Balaban J connectivity index is 0.000000125. The molecule has 9 heterocycles. The summed E-state index contributed by atoms with van der Waals surface area (Å²) in [6, 6.07) is 84.4. The van der Waals surface area contributed by atoms with Gasteiger partial charge < -0.3 is 72.7 Å². The van der Waals surface area contributed by atoms with Crippen LogP contribution in [0.2, 0.25) is 20.1 Å². The molecule has 4 atom stereocenters. The van der Waals surface area contributed by atoms with Crippen molar-refractivity contribution < 1.29 is 71.8 Å². The van der Waals surface area contributed by atoms with E-state index in [0.717, 1.165) is 153 Å². The molecule has 0 spiro atoms. The van der Waals surface area contributed by atoms with Crippen LogP contribution in [0.15, 0.2) is 277 Å². The normalized spacial score (nSPS) is 15.9. The van der Waals surface area contributed by atoms with Crippen molar-refractivity contribution in [1.82, 2.24) is 49.3 Å². The van der Waals surface area contributed by atoms with Gasteiger partial charge in [0.15, 0.2) is 0 Å². The molecule has 5 aliphatic rings. The van der Waals surface area contributed by atoms with Crippen LogP contribution in [-0.4, -0.2) is 197 Å². The molecule has 30 heteroatoms. The Morgan fingerprint density at radius 1 is 0.373 bits per heavy atom. The smallest absolute Gasteiger partial charge is 0.416 e. The molecule has 5 N–H and O–H groups in total. The Morgan fingerprint density at radius 3 is 1.17 bits per heavy atom. The van der Waals surface area contributed by atoms with Crippen LogP contribution >= 0.6 is 62.3 Å². The first-order valence-corrected chi connectivity index (χ1v) is 49.2. The third-order valence-corrected chi connectivity index (χ3v) is 27.8. The highest BCUT2D eigenvalue weighted by molar-refractivity contribution is 9.10. The first-order chi connectivity index (χ1) is 69.1. The summed E-state index contributed by atoms with van der Waals surface area (Å²) in [5.74, 6) is 3.14. The molecule has 726 valence electrons. The molecular weight excluding hydrogens is 1950 g/mol. The van der Waals surface area contributed by atoms with Gasteiger partial charge >= 0.3 is 24.2 Å². The minimum absolute atomic E-state index is 0.00671. The van der Waals surface area contributed by atoms with E-state index in [-0.39, 0.29) is 42.6 Å². The summed E-state index contributed by atoms with van der Waals surface area (Å²) >= 11 is 28.4. The van der Waals surface area contributed by atoms with Gasteiger partial charge in [-0.1, -0.05) is 153 Å². The largest absolute Gasteiger partial charge is 0.497 e. The maximum Gasteiger partial charge on any atom is 0.416 e. The van der Waals surface area contributed by atoms with E-state index in [1.54, 1.807) is 96.7 Å². The molecule has 142 heavy (non-hydrogen) atoms. The number of rotatable bonds is 19. The van der Waals surface area contributed by atoms with Crippen LogP contribution in [0.3, 0.4) is 0 Å². The molecule has 21 rings (SSSR count). The van der Waals surface area contributed by atoms with E-state index < -0.39 is 24.2 Å². The van der Waals surface area contributed by atoms with Crippen molar-refractivity contribution in [2.24, 2.45) is 0 Å². The number of hydrogen-bond acceptors (Lipinski definition) is 16. The van der Waals surface area contributed by atoms with E-state index in [9.17, 15) is 28.8 Å². The number of aromatic amines is 4. The average molecular weight is 2050 g/mol. The molecule has 4 aromatic heterocycles. The fourth-order valence-corrected chi connectivity index (χ4v) is 20.5. The number of methoxy groups -OCH3 is 3. The summed E-state index contributed by atoms with van der Waals surface area (Å²) in [4.78, 5) is 103. The zero-order valence-electron chi connectivity index (χ0n) is 78.5. The molecule has 0 radical (unpaired) electrons. The SMILES string of the molecule is CC(=O)Oc1ccc(C2c3[nH]c4ccc(Cl)cc4c3CCN2C(=O)Oc2ccc(Cl)cc2)cc1.CCOC(=O)N1CCc2c([nH]c3ccc(Br)cc23)C1c1ccc(C(=O)N2CCN(CCO)CC2)cc1.COCCOc1ccc(C2c3[nH]c4ccc(Cl)cc4c3CCN2C(=O)Oc2ccc(OC)cc2)cc1.COc1ccc(C2c3[nH]c4ccc(Cl)cc4c3CCN2C(=O)c2ccc(-c3ccccc3)cc2)cc1. The van der Waals surface area contributed by atoms with Gasteiger partial charge in [0.25, 0.3) is 11.8 Å². The number of hydrogen-bond donors (Lipinski definition) is 5. The Kier molecular flexibility index (Phi) is 30.7. The number of H-pyrrole nitrogens is 4. The van der Waals surface area contributed by atoms with Gasteiger partial charge in [-0.25, -0.2) is 14.4 Å². The third kappa shape index (κ3) is 21.7. The number of esters is 1. The molecule has 5 aliphatic heterocycles. The van der Waals surface area contributed by atoms with Crippen molar-refractivity contribution in [3.05, 3.63) is 376 Å². The van der Waals surface area contributed by atoms with Crippen LogP contribution in [0, 0.1) is 0 Å². The summed E-state index contributed by atoms with van der Waals surface area (Å²) in [5.41, 5.74) is 19.9. The van der Waals surface area contributed by atoms with Crippen LogP contribution in [-0.2, 0) is 40.0 Å². The topological polar surface area (TPSA) is 279 Å². The van der Waals surface area contributed by atoms with Crippen LogP contribution in [0.5, 0.6) is 34.5 Å². The lowest BCUT2D eigenvalue weighted by Crippen LogP contribution is -2.49. The number of aliphatic hydroxyl groups excluding tert-OH is 1. The fraction of sp³-hybridized carbons (Fsp3) is 0.232. The van der Waals surface area contributed by atoms with Gasteiger partial charge in [-0.2, -0.15) is 0 Å². The highest BCUT2D eigenvalue weighted by Gasteiger charge is 2.41. The van der Waals surface area contributed by atoms with Crippen molar-refractivity contribution >= 4 is 142 Å². The lowest BCUT2D eigenvalue weighted by Gasteiger charge is -2.36. The first-order valence-electron chi connectivity index (χ1n) is 46.9. The number of carbonyl (C=O) groups excluding carboxylic acids is 6. The maximum atomic E-state index is 13.9. The number of β-amino-alcohol motifs (C(OH)–C–C–N with tert-alkyl or cyclic N) is 1. The highest BCUT2D eigenvalue weighted by Crippen LogP contribution is 2.47. The molecule has 4 unspecified atom stereocenters. The van der Waals surface area contributed by atoms with Crippen LogP contribution in [0.1, 0.15) is 126 Å². The number of aromatic nitrogens is 4. The number of fused-ring (bicyclic) bond motifs is 12. The second-order valence-corrected chi connectivity index (χ2v) is 37.5. The Labute approximate surface area is 849 Å². The number of piperazine rings is 1. The summed E-state index contributed by atoms with van der Waals surface area (Å²) in [7, 11) is 4.89. The Morgan fingerprint density at radius 2 is 0.732 bits per heavy atom. The number of aliphatic hydroxyl groups is 1. The fourth-order valence-electron chi connectivity index (χ4n) is 19.5. The number of amides is 5. The number of benzene rings is 12. The molecule has 12 aromatic carbocycles.